The molecule has 0 saturated heterocycles. The number of rotatable bonds is 7. The fraction of sp³-hybridized carbons (Fsp3) is 0.294. The van der Waals surface area contributed by atoms with E-state index in [2.05, 4.69) is 0 Å². The quantitative estimate of drug-likeness (QED) is 0.319. The van der Waals surface area contributed by atoms with Gasteiger partial charge in [0.2, 0.25) is 0 Å². The molecule has 0 heterocycles. The molecule has 2 rings (SSSR count). The van der Waals surface area contributed by atoms with Crippen LogP contribution in [-0.4, -0.2) is 49.4 Å². The summed E-state index contributed by atoms with van der Waals surface area (Å²) in [6, 6.07) is 12.8. The molecule has 0 radical (unpaired) electrons. The molecule has 0 aliphatic rings. The van der Waals surface area contributed by atoms with Crippen molar-refractivity contribution >= 4 is 31.3 Å². The monoisotopic (exact) mass is 398 g/mol. The lowest BCUT2D eigenvalue weighted by Crippen LogP contribution is -2.47. The number of quaternary nitrogens is 1. The third kappa shape index (κ3) is 5.36. The predicted molar refractivity (Wildman–Crippen MR) is 104 cm³/mol. The highest BCUT2D eigenvalue weighted by Crippen LogP contribution is 2.40. The third-order valence-electron chi connectivity index (χ3n) is 4.03. The fourth-order valence-corrected chi connectivity index (χ4v) is 4.07. The zero-order chi connectivity index (χ0) is 19.5. The van der Waals surface area contributed by atoms with Gasteiger partial charge < -0.3 is 19.9 Å². The summed E-state index contributed by atoms with van der Waals surface area (Å²) in [6.45, 7) is 2.01. The van der Waals surface area contributed by atoms with Crippen molar-refractivity contribution < 1.29 is 22.7 Å². The van der Waals surface area contributed by atoms with Crippen LogP contribution in [0, 0.1) is 5.21 Å². The maximum atomic E-state index is 12.3. The van der Waals surface area contributed by atoms with Crippen LogP contribution in [0.25, 0.3) is 0 Å². The SMILES string of the molecule is CC(CN(c1ccccc1O)c1ccccc1SS(=O)(=O)O)[N+](C)(C)[O-]. The Morgan fingerprint density at radius 2 is 1.65 bits per heavy atom. The Balaban J connectivity index is 2.57. The number of phenolic OH excluding ortho intramolecular Hbond substituents is 1. The van der Waals surface area contributed by atoms with Crippen molar-refractivity contribution in [1.82, 2.24) is 0 Å². The van der Waals surface area contributed by atoms with Crippen molar-refractivity contribution in [2.75, 3.05) is 25.5 Å². The van der Waals surface area contributed by atoms with Crippen molar-refractivity contribution in [1.29, 1.82) is 0 Å². The van der Waals surface area contributed by atoms with Crippen molar-refractivity contribution in [2.24, 2.45) is 0 Å². The van der Waals surface area contributed by atoms with Gasteiger partial charge in [0.05, 0.1) is 32.0 Å². The summed E-state index contributed by atoms with van der Waals surface area (Å²) in [4.78, 5) is 1.98. The molecule has 0 aromatic heterocycles. The highest BCUT2D eigenvalue weighted by atomic mass is 33.1. The number of hydroxylamine groups is 3. The Morgan fingerprint density at radius 1 is 1.12 bits per heavy atom. The van der Waals surface area contributed by atoms with Gasteiger partial charge in [-0.15, -0.1) is 0 Å². The lowest BCUT2D eigenvalue weighted by Gasteiger charge is -2.42. The van der Waals surface area contributed by atoms with Gasteiger partial charge in [-0.05, 0) is 31.2 Å². The highest BCUT2D eigenvalue weighted by molar-refractivity contribution is 8.70. The lowest BCUT2D eigenvalue weighted by atomic mass is 10.2. The lowest BCUT2D eigenvalue weighted by molar-refractivity contribution is -0.862. The van der Waals surface area contributed by atoms with Crippen LogP contribution in [0.1, 0.15) is 6.92 Å². The van der Waals surface area contributed by atoms with E-state index >= 15 is 0 Å². The molecule has 7 nitrogen and oxygen atoms in total. The van der Waals surface area contributed by atoms with E-state index < -0.39 is 13.8 Å². The minimum atomic E-state index is -4.32. The normalized spacial score (nSPS) is 13.4. The molecule has 9 heteroatoms. The first-order valence-electron chi connectivity index (χ1n) is 7.85. The van der Waals surface area contributed by atoms with Crippen LogP contribution in [0.3, 0.4) is 0 Å². The Hall–Kier alpha value is -1.78. The number of benzene rings is 2. The molecule has 1 unspecified atom stereocenters. The zero-order valence-electron chi connectivity index (χ0n) is 14.7. The third-order valence-corrected chi connectivity index (χ3v) is 5.94. The Kier molecular flexibility index (Phi) is 6.20. The standard InChI is InChI=1S/C17H22N2O5S2/c1-13(19(2,3)21)12-18(14-8-4-6-10-16(14)20)15-9-5-7-11-17(15)25-26(22,23)24/h4-11,13,20H,12H2,1-3H3,(H,22,23,24). The van der Waals surface area contributed by atoms with Gasteiger partial charge in [-0.2, -0.15) is 8.42 Å². The second-order valence-corrected chi connectivity index (χ2v) is 9.59. The number of hydrogen-bond acceptors (Lipinski definition) is 6. The van der Waals surface area contributed by atoms with E-state index in [0.29, 0.717) is 27.1 Å². The number of hydrogen-bond donors (Lipinski definition) is 2. The summed E-state index contributed by atoms with van der Waals surface area (Å²) in [5, 5.41) is 22.6. The minimum Gasteiger partial charge on any atom is -0.633 e. The fourth-order valence-electron chi connectivity index (χ4n) is 2.34. The van der Waals surface area contributed by atoms with E-state index in [1.165, 1.54) is 20.2 Å². The number of aromatic hydroxyl groups is 1. The molecule has 0 amide bonds. The highest BCUT2D eigenvalue weighted by Gasteiger charge is 2.25. The largest absolute Gasteiger partial charge is 0.633 e. The topological polar surface area (TPSA) is 101 Å². The summed E-state index contributed by atoms with van der Waals surface area (Å²) in [5.74, 6) is 0.00237. The van der Waals surface area contributed by atoms with Gasteiger partial charge in [0, 0.05) is 15.7 Å². The van der Waals surface area contributed by atoms with Gasteiger partial charge in [0.1, 0.15) is 11.8 Å². The minimum absolute atomic E-state index is 0.00237. The van der Waals surface area contributed by atoms with E-state index in [1.807, 2.05) is 0 Å². The second kappa shape index (κ2) is 7.85. The molecule has 2 aromatic carbocycles. The predicted octanol–water partition coefficient (Wildman–Crippen LogP) is 3.39. The average Bonchev–Trinajstić information content (AvgIpc) is 2.51. The summed E-state index contributed by atoms with van der Waals surface area (Å²) in [6.07, 6.45) is 0. The van der Waals surface area contributed by atoms with Gasteiger partial charge in [-0.3, -0.25) is 4.55 Å². The number of para-hydroxylation sites is 3. The van der Waals surface area contributed by atoms with Gasteiger partial charge in [0.15, 0.2) is 0 Å². The molecule has 1 atom stereocenters. The van der Waals surface area contributed by atoms with E-state index in [1.54, 1.807) is 54.3 Å². The van der Waals surface area contributed by atoms with Crippen LogP contribution in [-0.2, 0) is 9.15 Å². The number of phenols is 1. The van der Waals surface area contributed by atoms with Crippen LogP contribution < -0.4 is 4.90 Å². The summed E-state index contributed by atoms with van der Waals surface area (Å²) >= 11 is 0. The van der Waals surface area contributed by atoms with Crippen LogP contribution in [0.5, 0.6) is 5.75 Å². The number of likely N-dealkylation sites (N-methyl/N-ethyl adjacent to an activating group) is 1. The van der Waals surface area contributed by atoms with Gasteiger partial charge in [-0.25, -0.2) is 0 Å². The zero-order valence-corrected chi connectivity index (χ0v) is 16.4. The van der Waals surface area contributed by atoms with E-state index in [9.17, 15) is 23.3 Å². The van der Waals surface area contributed by atoms with Gasteiger partial charge in [-0.1, -0.05) is 24.3 Å². The summed E-state index contributed by atoms with van der Waals surface area (Å²) in [7, 11) is -0.968. The second-order valence-electron chi connectivity index (χ2n) is 6.36. The van der Waals surface area contributed by atoms with Gasteiger partial charge in [0.25, 0.3) is 0 Å². The summed E-state index contributed by atoms with van der Waals surface area (Å²) < 4.78 is 31.4. The Labute approximate surface area is 157 Å². The Bertz CT molecular complexity index is 865. The first-order chi connectivity index (χ1) is 12.0. The van der Waals surface area contributed by atoms with E-state index in [0.717, 1.165) is 0 Å². The smallest absolute Gasteiger partial charge is 0.324 e. The van der Waals surface area contributed by atoms with Crippen LogP contribution in [0.4, 0.5) is 11.4 Å². The molecule has 2 aromatic rings. The van der Waals surface area contributed by atoms with Crippen LogP contribution in [0.2, 0.25) is 0 Å². The molecular formula is C17H22N2O5S2. The summed E-state index contributed by atoms with van der Waals surface area (Å²) in [5.41, 5.74) is 0.910. The number of anilines is 2. The van der Waals surface area contributed by atoms with E-state index in [-0.39, 0.29) is 18.3 Å². The molecule has 0 fully saturated rings. The first kappa shape index (κ1) is 20.5. The molecular weight excluding hydrogens is 376 g/mol. The maximum absolute atomic E-state index is 12.3. The molecule has 2 N–H and O–H groups in total. The molecule has 142 valence electrons. The van der Waals surface area contributed by atoms with Crippen molar-refractivity contribution in [3.63, 3.8) is 0 Å². The van der Waals surface area contributed by atoms with Crippen LogP contribution >= 0.6 is 10.8 Å². The van der Waals surface area contributed by atoms with Gasteiger partial charge >= 0.3 is 9.15 Å². The first-order valence-corrected chi connectivity index (χ1v) is 10.6. The molecule has 0 spiro atoms. The van der Waals surface area contributed by atoms with Crippen LogP contribution in [0.15, 0.2) is 53.4 Å². The molecule has 0 aliphatic carbocycles. The molecule has 0 aliphatic heterocycles. The molecule has 26 heavy (non-hydrogen) atoms. The Morgan fingerprint density at radius 3 is 2.19 bits per heavy atom. The molecule has 0 saturated carbocycles. The van der Waals surface area contributed by atoms with Crippen molar-refractivity contribution in [3.8, 4) is 5.75 Å². The average molecular weight is 399 g/mol. The molecule has 0 bridgehead atoms. The number of nitrogens with zero attached hydrogens (tertiary/aromatic N) is 2. The maximum Gasteiger partial charge on any atom is 0.324 e. The van der Waals surface area contributed by atoms with Crippen molar-refractivity contribution in [3.05, 3.63) is 53.7 Å². The van der Waals surface area contributed by atoms with Crippen molar-refractivity contribution in [2.45, 2.75) is 17.9 Å². The van der Waals surface area contributed by atoms with E-state index in [4.69, 9.17) is 0 Å².